The number of nitrogens with zero attached hydrogens (tertiary/aromatic N) is 1. The zero-order valence-electron chi connectivity index (χ0n) is 18.0. The number of nitrogens with two attached hydrogens (primary N) is 1. The number of amides is 1. The molecule has 3 aromatic rings. The molecule has 7 nitrogen and oxygen atoms in total. The van der Waals surface area contributed by atoms with Gasteiger partial charge < -0.3 is 15.2 Å². The normalized spacial score (nSPS) is 12.2. The smallest absolute Gasteiger partial charge is 0.248 e. The first-order valence-electron chi connectivity index (χ1n) is 9.99. The van der Waals surface area contributed by atoms with Gasteiger partial charge in [-0.15, -0.1) is 0 Å². The molecule has 2 N–H and O–H groups in total. The summed E-state index contributed by atoms with van der Waals surface area (Å²) in [5, 5.41) is 0. The van der Waals surface area contributed by atoms with Gasteiger partial charge in [0.25, 0.3) is 0 Å². The highest BCUT2D eigenvalue weighted by Crippen LogP contribution is 2.26. The molecule has 0 fully saturated rings. The first-order valence-corrected chi connectivity index (χ1v) is 11.8. The minimum absolute atomic E-state index is 0.134. The Kier molecular flexibility index (Phi) is 7.50. The summed E-state index contributed by atoms with van der Waals surface area (Å²) in [4.78, 5) is 12.0. The van der Waals surface area contributed by atoms with E-state index in [0.29, 0.717) is 17.2 Å². The van der Waals surface area contributed by atoms with Crippen LogP contribution in [0.15, 0.2) is 78.9 Å². The molecule has 1 atom stereocenters. The Bertz CT molecular complexity index is 1130. The highest BCUT2D eigenvalue weighted by Gasteiger charge is 2.26. The summed E-state index contributed by atoms with van der Waals surface area (Å²) in [6, 6.07) is 23.4. The van der Waals surface area contributed by atoms with Crippen LogP contribution in [0.25, 0.3) is 0 Å². The molecule has 3 aromatic carbocycles. The van der Waals surface area contributed by atoms with Crippen LogP contribution in [0.2, 0.25) is 0 Å². The van der Waals surface area contributed by atoms with Crippen molar-refractivity contribution in [2.75, 3.05) is 17.1 Å². The summed E-state index contributed by atoms with van der Waals surface area (Å²) in [5.74, 6) is 0.484. The number of carbonyl (C=O) groups is 1. The topological polar surface area (TPSA) is 98.9 Å². The minimum atomic E-state index is -3.70. The molecule has 32 heavy (non-hydrogen) atoms. The van der Waals surface area contributed by atoms with Crippen LogP contribution in [0.1, 0.15) is 11.1 Å². The van der Waals surface area contributed by atoms with Crippen LogP contribution < -0.4 is 14.8 Å². The Hall–Kier alpha value is -3.36. The van der Waals surface area contributed by atoms with Crippen molar-refractivity contribution >= 4 is 21.6 Å². The lowest BCUT2D eigenvalue weighted by atomic mass is 10.2. The molecule has 0 bridgehead atoms. The fraction of sp³-hybridized carbons (Fsp3) is 0.208. The van der Waals surface area contributed by atoms with E-state index in [9.17, 15) is 13.2 Å². The van der Waals surface area contributed by atoms with E-state index in [2.05, 4.69) is 0 Å². The van der Waals surface area contributed by atoms with Crippen LogP contribution in [-0.2, 0) is 26.2 Å². The Morgan fingerprint density at radius 3 is 2.03 bits per heavy atom. The van der Waals surface area contributed by atoms with E-state index in [0.717, 1.165) is 21.7 Å². The van der Waals surface area contributed by atoms with Crippen molar-refractivity contribution in [3.8, 4) is 11.5 Å². The second-order valence-electron chi connectivity index (χ2n) is 7.39. The average Bonchev–Trinajstić information content (AvgIpc) is 2.76. The van der Waals surface area contributed by atoms with Crippen LogP contribution in [0, 0.1) is 6.92 Å². The molecule has 3 rings (SSSR count). The second kappa shape index (κ2) is 10.3. The van der Waals surface area contributed by atoms with Crippen LogP contribution >= 0.6 is 0 Å². The van der Waals surface area contributed by atoms with Gasteiger partial charge in [0, 0.05) is 0 Å². The molecule has 168 valence electrons. The van der Waals surface area contributed by atoms with Gasteiger partial charge in [-0.3, -0.25) is 9.10 Å². The average molecular weight is 455 g/mol. The van der Waals surface area contributed by atoms with Gasteiger partial charge in [0.05, 0.1) is 25.1 Å². The third-order valence-electron chi connectivity index (χ3n) is 4.72. The molecule has 0 saturated carbocycles. The lowest BCUT2D eigenvalue weighted by Crippen LogP contribution is -2.44. The summed E-state index contributed by atoms with van der Waals surface area (Å²) in [5.41, 5.74) is 7.83. The van der Waals surface area contributed by atoms with Crippen LogP contribution in [-0.4, -0.2) is 33.2 Å². The van der Waals surface area contributed by atoms with E-state index in [4.69, 9.17) is 15.2 Å². The molecule has 8 heteroatoms. The third-order valence-corrected chi connectivity index (χ3v) is 5.89. The lowest BCUT2D eigenvalue weighted by Gasteiger charge is -2.26. The van der Waals surface area contributed by atoms with E-state index < -0.39 is 22.0 Å². The SMILES string of the molecule is Cc1ccc(Oc2ccc(N(C[C@H](OCc3ccccc3)C(N)=O)S(C)(=O)=O)cc2)cc1. The number of rotatable bonds is 10. The Morgan fingerprint density at radius 1 is 0.938 bits per heavy atom. The van der Waals surface area contributed by atoms with Gasteiger partial charge in [-0.1, -0.05) is 48.0 Å². The van der Waals surface area contributed by atoms with Gasteiger partial charge in [-0.2, -0.15) is 0 Å². The van der Waals surface area contributed by atoms with E-state index in [1.807, 2.05) is 61.5 Å². The molecule has 0 aliphatic rings. The number of carbonyl (C=O) groups excluding carboxylic acids is 1. The standard InChI is InChI=1S/C24H26N2O5S/c1-18-8-12-21(13-9-18)31-22-14-10-20(11-15-22)26(32(2,28)29)16-23(24(25)27)30-17-19-6-4-3-5-7-19/h3-15,23H,16-17H2,1-2H3,(H2,25,27)/t23-/m0/s1. The summed E-state index contributed by atoms with van der Waals surface area (Å²) < 4.78 is 37.5. The van der Waals surface area contributed by atoms with Gasteiger partial charge in [-0.25, -0.2) is 8.42 Å². The molecular weight excluding hydrogens is 428 g/mol. The number of hydrogen-bond donors (Lipinski definition) is 1. The predicted molar refractivity (Wildman–Crippen MR) is 124 cm³/mol. The first-order chi connectivity index (χ1) is 15.2. The van der Waals surface area contributed by atoms with Crippen LogP contribution in [0.4, 0.5) is 5.69 Å². The maximum atomic E-state index is 12.5. The molecule has 0 aliphatic heterocycles. The molecule has 0 spiro atoms. The quantitative estimate of drug-likeness (QED) is 0.504. The van der Waals surface area contributed by atoms with E-state index in [-0.39, 0.29) is 13.2 Å². The molecular formula is C24H26N2O5S. The van der Waals surface area contributed by atoms with Gasteiger partial charge in [0.15, 0.2) is 6.10 Å². The molecule has 0 radical (unpaired) electrons. The summed E-state index contributed by atoms with van der Waals surface area (Å²) >= 11 is 0. The number of anilines is 1. The molecule has 1 amide bonds. The Morgan fingerprint density at radius 2 is 1.50 bits per heavy atom. The summed E-state index contributed by atoms with van der Waals surface area (Å²) in [7, 11) is -3.70. The number of hydrogen-bond acceptors (Lipinski definition) is 5. The molecule has 0 unspecified atom stereocenters. The van der Waals surface area contributed by atoms with Crippen molar-refractivity contribution in [1.82, 2.24) is 0 Å². The zero-order valence-corrected chi connectivity index (χ0v) is 18.8. The molecule has 0 heterocycles. The molecule has 0 aliphatic carbocycles. The van der Waals surface area contributed by atoms with Crippen LogP contribution in [0.3, 0.4) is 0 Å². The Labute approximate surface area is 188 Å². The molecule has 0 saturated heterocycles. The van der Waals surface area contributed by atoms with Gasteiger partial charge >= 0.3 is 0 Å². The fourth-order valence-electron chi connectivity index (χ4n) is 3.00. The van der Waals surface area contributed by atoms with E-state index in [1.54, 1.807) is 24.3 Å². The highest BCUT2D eigenvalue weighted by molar-refractivity contribution is 7.92. The number of primary amides is 1. The van der Waals surface area contributed by atoms with Crippen molar-refractivity contribution < 1.29 is 22.7 Å². The van der Waals surface area contributed by atoms with Crippen molar-refractivity contribution in [3.05, 3.63) is 90.0 Å². The maximum absolute atomic E-state index is 12.5. The van der Waals surface area contributed by atoms with Gasteiger partial charge in [0.2, 0.25) is 15.9 Å². The summed E-state index contributed by atoms with van der Waals surface area (Å²) in [6.07, 6.45) is -0.0488. The van der Waals surface area contributed by atoms with E-state index in [1.165, 1.54) is 0 Å². The minimum Gasteiger partial charge on any atom is -0.457 e. The van der Waals surface area contributed by atoms with Crippen LogP contribution in [0.5, 0.6) is 11.5 Å². The maximum Gasteiger partial charge on any atom is 0.248 e. The van der Waals surface area contributed by atoms with Crippen molar-refractivity contribution in [1.29, 1.82) is 0 Å². The lowest BCUT2D eigenvalue weighted by molar-refractivity contribution is -0.129. The largest absolute Gasteiger partial charge is 0.457 e. The number of benzene rings is 3. The first kappa shape index (κ1) is 23.3. The fourth-order valence-corrected chi connectivity index (χ4v) is 3.91. The third kappa shape index (κ3) is 6.57. The van der Waals surface area contributed by atoms with Crippen molar-refractivity contribution in [3.63, 3.8) is 0 Å². The van der Waals surface area contributed by atoms with E-state index >= 15 is 0 Å². The Balaban J connectivity index is 1.74. The predicted octanol–water partition coefficient (Wildman–Crippen LogP) is 3.62. The van der Waals surface area contributed by atoms with Gasteiger partial charge in [0.1, 0.15) is 11.5 Å². The van der Waals surface area contributed by atoms with Crippen molar-refractivity contribution in [2.24, 2.45) is 5.73 Å². The second-order valence-corrected chi connectivity index (χ2v) is 9.30. The molecule has 0 aromatic heterocycles. The zero-order chi connectivity index (χ0) is 23.1. The van der Waals surface area contributed by atoms with Gasteiger partial charge in [-0.05, 0) is 48.9 Å². The number of sulfonamides is 1. The highest BCUT2D eigenvalue weighted by atomic mass is 32.2. The number of aryl methyl sites for hydroxylation is 1. The van der Waals surface area contributed by atoms with Crippen molar-refractivity contribution in [2.45, 2.75) is 19.6 Å². The number of ether oxygens (including phenoxy) is 2. The summed E-state index contributed by atoms with van der Waals surface area (Å²) in [6.45, 7) is 1.88. The monoisotopic (exact) mass is 454 g/mol.